The van der Waals surface area contributed by atoms with Crippen molar-refractivity contribution >= 4 is 5.91 Å². The van der Waals surface area contributed by atoms with Crippen molar-refractivity contribution < 1.29 is 4.79 Å². The highest BCUT2D eigenvalue weighted by Gasteiger charge is 2.11. The number of carbonyl (C=O) groups excluding carboxylic acids is 1. The van der Waals surface area contributed by atoms with Crippen molar-refractivity contribution in [2.45, 2.75) is 6.54 Å². The third-order valence-corrected chi connectivity index (χ3v) is 3.23. The number of hydrogen-bond acceptors (Lipinski definition) is 2. The first-order chi connectivity index (χ1) is 10.3. The van der Waals surface area contributed by atoms with Crippen molar-refractivity contribution in [2.75, 3.05) is 0 Å². The zero-order valence-corrected chi connectivity index (χ0v) is 11.4. The standard InChI is InChI=1S/C17H15N3O/c21-17(19-13-14-7-9-18-10-8-14)15-5-1-2-6-16(15)20-11-3-4-12-20/h1-12H,13H2,(H,19,21). The van der Waals surface area contributed by atoms with Crippen molar-refractivity contribution in [3.05, 3.63) is 84.4 Å². The van der Waals surface area contributed by atoms with Gasteiger partial charge in [0, 0.05) is 31.3 Å². The van der Waals surface area contributed by atoms with E-state index >= 15 is 0 Å². The Morgan fingerprint density at radius 3 is 2.48 bits per heavy atom. The summed E-state index contributed by atoms with van der Waals surface area (Å²) in [6.07, 6.45) is 7.29. The Labute approximate surface area is 123 Å². The fourth-order valence-corrected chi connectivity index (χ4v) is 2.16. The van der Waals surface area contributed by atoms with Crippen LogP contribution in [0.2, 0.25) is 0 Å². The summed E-state index contributed by atoms with van der Waals surface area (Å²) in [5.74, 6) is -0.0869. The largest absolute Gasteiger partial charge is 0.348 e. The fraction of sp³-hybridized carbons (Fsp3) is 0.0588. The lowest BCUT2D eigenvalue weighted by Crippen LogP contribution is -2.24. The van der Waals surface area contributed by atoms with Crippen molar-refractivity contribution in [1.29, 1.82) is 0 Å². The minimum absolute atomic E-state index is 0.0869. The number of rotatable bonds is 4. The molecular weight excluding hydrogens is 262 g/mol. The van der Waals surface area contributed by atoms with Crippen LogP contribution < -0.4 is 5.32 Å². The van der Waals surface area contributed by atoms with Crippen LogP contribution in [0.5, 0.6) is 0 Å². The lowest BCUT2D eigenvalue weighted by molar-refractivity contribution is 0.0951. The predicted octanol–water partition coefficient (Wildman–Crippen LogP) is 2.80. The van der Waals surface area contributed by atoms with E-state index in [2.05, 4.69) is 10.3 Å². The molecule has 1 amide bonds. The maximum Gasteiger partial charge on any atom is 0.253 e. The van der Waals surface area contributed by atoms with Crippen LogP contribution in [-0.2, 0) is 6.54 Å². The molecule has 0 saturated carbocycles. The molecule has 0 spiro atoms. The van der Waals surface area contributed by atoms with Gasteiger partial charge in [0.2, 0.25) is 0 Å². The van der Waals surface area contributed by atoms with Crippen LogP contribution in [0, 0.1) is 0 Å². The monoisotopic (exact) mass is 277 g/mol. The second-order valence-corrected chi connectivity index (χ2v) is 4.65. The van der Waals surface area contributed by atoms with Gasteiger partial charge in [0.15, 0.2) is 0 Å². The maximum absolute atomic E-state index is 12.4. The van der Waals surface area contributed by atoms with Gasteiger partial charge in [-0.1, -0.05) is 12.1 Å². The highest BCUT2D eigenvalue weighted by molar-refractivity contribution is 5.97. The van der Waals surface area contributed by atoms with Gasteiger partial charge in [0.05, 0.1) is 11.3 Å². The van der Waals surface area contributed by atoms with Crippen LogP contribution in [0.4, 0.5) is 0 Å². The molecule has 0 unspecified atom stereocenters. The van der Waals surface area contributed by atoms with E-state index in [1.54, 1.807) is 12.4 Å². The lowest BCUT2D eigenvalue weighted by atomic mass is 10.1. The lowest BCUT2D eigenvalue weighted by Gasteiger charge is -2.11. The van der Waals surface area contributed by atoms with Crippen LogP contribution in [-0.4, -0.2) is 15.5 Å². The molecule has 3 rings (SSSR count). The molecule has 0 aliphatic heterocycles. The number of nitrogens with one attached hydrogen (secondary N) is 1. The molecule has 0 atom stereocenters. The first kappa shape index (κ1) is 13.1. The predicted molar refractivity (Wildman–Crippen MR) is 81.2 cm³/mol. The van der Waals surface area contributed by atoms with Gasteiger partial charge in [-0.05, 0) is 42.0 Å². The molecule has 0 saturated heterocycles. The van der Waals surface area contributed by atoms with Crippen molar-refractivity contribution in [1.82, 2.24) is 14.9 Å². The zero-order chi connectivity index (χ0) is 14.5. The van der Waals surface area contributed by atoms with E-state index < -0.39 is 0 Å². The molecular formula is C17H15N3O. The summed E-state index contributed by atoms with van der Waals surface area (Å²) in [4.78, 5) is 16.4. The number of amides is 1. The third-order valence-electron chi connectivity index (χ3n) is 3.23. The summed E-state index contributed by atoms with van der Waals surface area (Å²) in [5, 5.41) is 2.94. The Morgan fingerprint density at radius 2 is 1.71 bits per heavy atom. The second-order valence-electron chi connectivity index (χ2n) is 4.65. The van der Waals surface area contributed by atoms with E-state index in [4.69, 9.17) is 0 Å². The number of benzene rings is 1. The van der Waals surface area contributed by atoms with Crippen molar-refractivity contribution in [3.8, 4) is 5.69 Å². The SMILES string of the molecule is O=C(NCc1ccncc1)c1ccccc1-n1cccc1. The van der Waals surface area contributed by atoms with Crippen LogP contribution in [0.1, 0.15) is 15.9 Å². The summed E-state index contributed by atoms with van der Waals surface area (Å²) in [6.45, 7) is 0.487. The fourth-order valence-electron chi connectivity index (χ4n) is 2.16. The van der Waals surface area contributed by atoms with Gasteiger partial charge >= 0.3 is 0 Å². The first-order valence-electron chi connectivity index (χ1n) is 6.74. The van der Waals surface area contributed by atoms with Crippen LogP contribution in [0.15, 0.2) is 73.3 Å². The minimum Gasteiger partial charge on any atom is -0.348 e. The average Bonchev–Trinajstić information content (AvgIpc) is 3.08. The van der Waals surface area contributed by atoms with Crippen molar-refractivity contribution in [2.24, 2.45) is 0 Å². The van der Waals surface area contributed by atoms with Gasteiger partial charge in [-0.15, -0.1) is 0 Å². The molecule has 21 heavy (non-hydrogen) atoms. The van der Waals surface area contributed by atoms with E-state index in [0.29, 0.717) is 12.1 Å². The highest BCUT2D eigenvalue weighted by Crippen LogP contribution is 2.14. The van der Waals surface area contributed by atoms with E-state index in [9.17, 15) is 4.79 Å². The molecule has 0 bridgehead atoms. The maximum atomic E-state index is 12.4. The average molecular weight is 277 g/mol. The van der Waals surface area contributed by atoms with Gasteiger partial charge in [-0.3, -0.25) is 9.78 Å². The Bertz CT molecular complexity index is 721. The highest BCUT2D eigenvalue weighted by atomic mass is 16.1. The molecule has 1 N–H and O–H groups in total. The molecule has 0 radical (unpaired) electrons. The number of pyridine rings is 1. The zero-order valence-electron chi connectivity index (χ0n) is 11.4. The van der Waals surface area contributed by atoms with Crippen LogP contribution in [0.25, 0.3) is 5.69 Å². The Balaban J connectivity index is 1.79. The molecule has 4 heteroatoms. The summed E-state index contributed by atoms with van der Waals surface area (Å²) in [7, 11) is 0. The number of para-hydroxylation sites is 1. The smallest absolute Gasteiger partial charge is 0.253 e. The number of hydrogen-bond donors (Lipinski definition) is 1. The van der Waals surface area contributed by atoms with Gasteiger partial charge in [-0.25, -0.2) is 0 Å². The van der Waals surface area contributed by atoms with Crippen LogP contribution >= 0.6 is 0 Å². The topological polar surface area (TPSA) is 46.9 Å². The first-order valence-corrected chi connectivity index (χ1v) is 6.74. The molecule has 3 aromatic rings. The Morgan fingerprint density at radius 1 is 1.00 bits per heavy atom. The van der Waals surface area contributed by atoms with Crippen LogP contribution in [0.3, 0.4) is 0 Å². The molecule has 0 aliphatic carbocycles. The molecule has 0 fully saturated rings. The molecule has 2 aromatic heterocycles. The van der Waals surface area contributed by atoms with E-state index in [1.807, 2.05) is 65.5 Å². The third kappa shape index (κ3) is 3.00. The molecule has 1 aromatic carbocycles. The molecule has 4 nitrogen and oxygen atoms in total. The summed E-state index contributed by atoms with van der Waals surface area (Å²) in [5.41, 5.74) is 2.55. The van der Waals surface area contributed by atoms with E-state index in [1.165, 1.54) is 0 Å². The quantitative estimate of drug-likeness (QED) is 0.797. The van der Waals surface area contributed by atoms with Gasteiger partial charge < -0.3 is 9.88 Å². The van der Waals surface area contributed by atoms with E-state index in [0.717, 1.165) is 11.3 Å². The second kappa shape index (κ2) is 6.05. The summed E-state index contributed by atoms with van der Waals surface area (Å²) >= 11 is 0. The van der Waals surface area contributed by atoms with E-state index in [-0.39, 0.29) is 5.91 Å². The Hall–Kier alpha value is -2.88. The normalized spacial score (nSPS) is 10.3. The summed E-state index contributed by atoms with van der Waals surface area (Å²) in [6, 6.07) is 15.2. The Kier molecular flexibility index (Phi) is 3.78. The van der Waals surface area contributed by atoms with Gasteiger partial charge in [0.1, 0.15) is 0 Å². The summed E-state index contributed by atoms with van der Waals surface area (Å²) < 4.78 is 1.93. The van der Waals surface area contributed by atoms with Gasteiger partial charge in [-0.2, -0.15) is 0 Å². The molecule has 2 heterocycles. The number of aromatic nitrogens is 2. The molecule has 104 valence electrons. The minimum atomic E-state index is -0.0869. The number of carbonyl (C=O) groups is 1. The van der Waals surface area contributed by atoms with Crippen molar-refractivity contribution in [3.63, 3.8) is 0 Å². The number of nitrogens with zero attached hydrogens (tertiary/aromatic N) is 2. The van der Waals surface area contributed by atoms with Gasteiger partial charge in [0.25, 0.3) is 5.91 Å². The molecule has 0 aliphatic rings.